The van der Waals surface area contributed by atoms with Crippen molar-refractivity contribution in [3.8, 4) is 0 Å². The summed E-state index contributed by atoms with van der Waals surface area (Å²) in [5.41, 5.74) is 0. The van der Waals surface area contributed by atoms with Crippen molar-refractivity contribution in [2.75, 3.05) is 13.2 Å². The van der Waals surface area contributed by atoms with E-state index in [0.717, 1.165) is 31.6 Å². The summed E-state index contributed by atoms with van der Waals surface area (Å²) < 4.78 is 26.1. The van der Waals surface area contributed by atoms with E-state index in [1.54, 1.807) is 36.5 Å². The van der Waals surface area contributed by atoms with Gasteiger partial charge >= 0.3 is 19.8 Å². The maximum Gasteiger partial charge on any atom is 0.469 e. The van der Waals surface area contributed by atoms with Gasteiger partial charge in [-0.05, 0) is 44.4 Å². The summed E-state index contributed by atoms with van der Waals surface area (Å²) in [5, 5.41) is 20.1. The molecule has 49 heavy (non-hydrogen) atoms. The first-order valence-corrected chi connectivity index (χ1v) is 20.1. The number of phosphoric acid groups is 1. The first kappa shape index (κ1) is 46.9. The average molecular weight is 715 g/mol. The molecule has 284 valence electrons. The zero-order valence-electron chi connectivity index (χ0n) is 30.5. The number of unbranched alkanes of at least 4 members (excludes halogenated alkanes) is 10. The Hall–Kier alpha value is -2.07. The molecule has 0 aromatic carbocycles. The van der Waals surface area contributed by atoms with Crippen LogP contribution in [0.25, 0.3) is 0 Å². The second kappa shape index (κ2) is 31.9. The molecule has 0 aliphatic carbocycles. The number of ether oxygens (including phenoxy) is 2. The molecule has 1 unspecified atom stereocenters. The lowest BCUT2D eigenvalue weighted by Gasteiger charge is -2.18. The largest absolute Gasteiger partial charge is 0.469 e. The first-order chi connectivity index (χ1) is 23.5. The molecule has 0 amide bonds. The van der Waals surface area contributed by atoms with Crippen molar-refractivity contribution in [1.29, 1.82) is 0 Å². The summed E-state index contributed by atoms with van der Waals surface area (Å²) in [4.78, 5) is 42.7. The molecule has 0 aromatic rings. The van der Waals surface area contributed by atoms with E-state index in [-0.39, 0.29) is 25.9 Å². The minimum Gasteiger partial charge on any atom is -0.462 e. The molecule has 0 aliphatic heterocycles. The predicted octanol–water partition coefficient (Wildman–Crippen LogP) is 8.59. The molecule has 0 rings (SSSR count). The lowest BCUT2D eigenvalue weighted by atomic mass is 9.99. The minimum atomic E-state index is -4.82. The van der Waals surface area contributed by atoms with Crippen molar-refractivity contribution in [1.82, 2.24) is 0 Å². The van der Waals surface area contributed by atoms with Gasteiger partial charge < -0.3 is 29.5 Å². The molecule has 10 nitrogen and oxygen atoms in total. The SMILES string of the molecule is CCCCC/C=C\C[C@H](O)/C=C/C=C/C=C\[C@H](O)CCCC(=O)O[C@H](COC(=O)CCCCCCCCCCC(C)CC)COP(=O)(O)O. The van der Waals surface area contributed by atoms with Crippen LogP contribution in [0.2, 0.25) is 0 Å². The van der Waals surface area contributed by atoms with Gasteiger partial charge in [-0.3, -0.25) is 14.1 Å². The Morgan fingerprint density at radius 2 is 1.31 bits per heavy atom. The van der Waals surface area contributed by atoms with E-state index in [4.69, 9.17) is 19.3 Å². The highest BCUT2D eigenvalue weighted by atomic mass is 31.2. The van der Waals surface area contributed by atoms with Crippen LogP contribution < -0.4 is 0 Å². The van der Waals surface area contributed by atoms with Gasteiger partial charge in [-0.2, -0.15) is 0 Å². The Kier molecular flexibility index (Phi) is 30.5. The van der Waals surface area contributed by atoms with E-state index in [0.29, 0.717) is 19.3 Å². The van der Waals surface area contributed by atoms with Crippen LogP contribution in [0, 0.1) is 5.92 Å². The average Bonchev–Trinajstić information content (AvgIpc) is 3.05. The summed E-state index contributed by atoms with van der Waals surface area (Å²) >= 11 is 0. The topological polar surface area (TPSA) is 160 Å². The maximum atomic E-state index is 12.4. The molecule has 0 radical (unpaired) electrons. The molecule has 0 aromatic heterocycles. The van der Waals surface area contributed by atoms with Crippen LogP contribution in [-0.2, 0) is 28.2 Å². The monoisotopic (exact) mass is 714 g/mol. The van der Waals surface area contributed by atoms with Crippen LogP contribution in [0.5, 0.6) is 0 Å². The number of phosphoric ester groups is 1. The van der Waals surface area contributed by atoms with Gasteiger partial charge in [0, 0.05) is 12.8 Å². The van der Waals surface area contributed by atoms with Crippen molar-refractivity contribution in [3.05, 3.63) is 48.6 Å². The number of carbonyl (C=O) groups excluding carboxylic acids is 2. The van der Waals surface area contributed by atoms with E-state index < -0.39 is 44.7 Å². The molecule has 0 aliphatic rings. The smallest absolute Gasteiger partial charge is 0.462 e. The van der Waals surface area contributed by atoms with Crippen molar-refractivity contribution in [3.63, 3.8) is 0 Å². The lowest BCUT2D eigenvalue weighted by molar-refractivity contribution is -0.161. The Labute approximate surface area is 296 Å². The predicted molar refractivity (Wildman–Crippen MR) is 196 cm³/mol. The van der Waals surface area contributed by atoms with E-state index in [9.17, 15) is 24.4 Å². The van der Waals surface area contributed by atoms with Crippen LogP contribution >= 0.6 is 7.82 Å². The molecule has 0 saturated carbocycles. The molecule has 0 bridgehead atoms. The molecular formula is C38H67O10P. The number of hydrogen-bond donors (Lipinski definition) is 4. The number of carbonyl (C=O) groups is 2. The Morgan fingerprint density at radius 1 is 0.694 bits per heavy atom. The molecule has 0 fully saturated rings. The van der Waals surface area contributed by atoms with Gasteiger partial charge in [0.2, 0.25) is 0 Å². The number of aliphatic hydroxyl groups is 2. The quantitative estimate of drug-likeness (QED) is 0.0175. The number of rotatable bonds is 32. The van der Waals surface area contributed by atoms with Crippen molar-refractivity contribution in [2.24, 2.45) is 5.92 Å². The van der Waals surface area contributed by atoms with E-state index in [2.05, 4.69) is 31.4 Å². The van der Waals surface area contributed by atoms with Gasteiger partial charge in [0.25, 0.3) is 0 Å². The molecule has 0 spiro atoms. The molecule has 4 N–H and O–H groups in total. The van der Waals surface area contributed by atoms with Crippen LogP contribution in [0.4, 0.5) is 0 Å². The van der Waals surface area contributed by atoms with Crippen molar-refractivity contribution < 1.29 is 48.2 Å². The second-order valence-corrected chi connectivity index (χ2v) is 14.1. The summed E-state index contributed by atoms with van der Waals surface area (Å²) in [6, 6.07) is 0. The van der Waals surface area contributed by atoms with E-state index >= 15 is 0 Å². The third kappa shape index (κ3) is 34.2. The number of aliphatic hydroxyl groups excluding tert-OH is 2. The Bertz CT molecular complexity index is 987. The van der Waals surface area contributed by atoms with Crippen LogP contribution in [-0.4, -0.2) is 63.5 Å². The van der Waals surface area contributed by atoms with Crippen molar-refractivity contribution >= 4 is 19.8 Å². The zero-order valence-corrected chi connectivity index (χ0v) is 31.4. The Balaban J connectivity index is 4.31. The molecular weight excluding hydrogens is 647 g/mol. The van der Waals surface area contributed by atoms with E-state index in [1.165, 1.54) is 57.8 Å². The van der Waals surface area contributed by atoms with Gasteiger partial charge in [-0.1, -0.05) is 140 Å². The van der Waals surface area contributed by atoms with Gasteiger partial charge in [0.1, 0.15) is 6.61 Å². The van der Waals surface area contributed by atoms with Crippen molar-refractivity contribution in [2.45, 2.75) is 161 Å². The summed E-state index contributed by atoms with van der Waals surface area (Å²) in [6.45, 7) is 5.70. The molecule has 0 saturated heterocycles. The fourth-order valence-electron chi connectivity index (χ4n) is 4.84. The number of esters is 2. The fourth-order valence-corrected chi connectivity index (χ4v) is 5.20. The lowest BCUT2D eigenvalue weighted by Crippen LogP contribution is -2.29. The standard InChI is InChI=1S/C38H67O10P/c1-4-6-7-8-14-19-25-34(39)26-20-16-17-21-27-35(40)28-23-30-38(42)48-36(32-47-49(43,44)45)31-46-37(41)29-22-15-12-10-9-11-13-18-24-33(3)5-2/h14,16-17,19-21,26-27,33-36,39-40H,4-13,15,18,22-25,28-32H2,1-3H3,(H2,43,44,45)/b17-16+,19-14-,26-20+,27-21-/t33?,34-,35-,36+/m0/s1. The highest BCUT2D eigenvalue weighted by Crippen LogP contribution is 2.36. The van der Waals surface area contributed by atoms with Crippen LogP contribution in [0.3, 0.4) is 0 Å². The van der Waals surface area contributed by atoms with E-state index in [1.807, 2.05) is 6.08 Å². The molecule has 0 heterocycles. The maximum absolute atomic E-state index is 12.4. The summed E-state index contributed by atoms with van der Waals surface area (Å²) in [7, 11) is -4.82. The minimum absolute atomic E-state index is 0.0490. The molecule has 11 heteroatoms. The Morgan fingerprint density at radius 3 is 1.94 bits per heavy atom. The van der Waals surface area contributed by atoms with Gasteiger partial charge in [0.15, 0.2) is 6.10 Å². The highest BCUT2D eigenvalue weighted by Gasteiger charge is 2.23. The van der Waals surface area contributed by atoms with Crippen LogP contribution in [0.15, 0.2) is 48.6 Å². The van der Waals surface area contributed by atoms with Gasteiger partial charge in [0.05, 0.1) is 18.8 Å². The number of allylic oxidation sites excluding steroid dienone is 5. The summed E-state index contributed by atoms with van der Waals surface area (Å²) in [5.74, 6) is -0.323. The first-order valence-electron chi connectivity index (χ1n) is 18.5. The second-order valence-electron chi connectivity index (χ2n) is 12.8. The third-order valence-corrected chi connectivity index (χ3v) is 8.57. The highest BCUT2D eigenvalue weighted by molar-refractivity contribution is 7.46. The normalized spacial score (nSPS) is 15.0. The summed E-state index contributed by atoms with van der Waals surface area (Å²) in [6.07, 6.45) is 29.0. The van der Waals surface area contributed by atoms with Gasteiger partial charge in [-0.25, -0.2) is 4.57 Å². The van der Waals surface area contributed by atoms with Crippen LogP contribution in [0.1, 0.15) is 143 Å². The number of hydrogen-bond acceptors (Lipinski definition) is 8. The molecule has 4 atom stereocenters. The fraction of sp³-hybridized carbons (Fsp3) is 0.737. The third-order valence-electron chi connectivity index (χ3n) is 8.08. The zero-order chi connectivity index (χ0) is 36.6. The van der Waals surface area contributed by atoms with Gasteiger partial charge in [-0.15, -0.1) is 0 Å².